The summed E-state index contributed by atoms with van der Waals surface area (Å²) in [7, 11) is 1.79. The molecule has 1 heterocycles. The summed E-state index contributed by atoms with van der Waals surface area (Å²) in [4.78, 5) is 8.20. The highest BCUT2D eigenvalue weighted by molar-refractivity contribution is 9.10. The van der Waals surface area contributed by atoms with Gasteiger partial charge in [-0.25, -0.2) is 14.4 Å². The molecule has 4 nitrogen and oxygen atoms in total. The van der Waals surface area contributed by atoms with Gasteiger partial charge in [0.2, 0.25) is 0 Å². The molecule has 2 rings (SSSR count). The summed E-state index contributed by atoms with van der Waals surface area (Å²) in [6, 6.07) is 6.34. The van der Waals surface area contributed by atoms with Crippen molar-refractivity contribution >= 4 is 27.6 Å². The van der Waals surface area contributed by atoms with E-state index in [-0.39, 0.29) is 5.82 Å². The van der Waals surface area contributed by atoms with E-state index in [0.717, 1.165) is 10.0 Å². The van der Waals surface area contributed by atoms with Crippen LogP contribution in [0.2, 0.25) is 0 Å². The molecule has 0 unspecified atom stereocenters. The third-order valence-corrected chi connectivity index (χ3v) is 3.15. The molecule has 0 bridgehead atoms. The second kappa shape index (κ2) is 5.77. The summed E-state index contributed by atoms with van der Waals surface area (Å²) < 4.78 is 13.5. The van der Waals surface area contributed by atoms with Crippen molar-refractivity contribution in [2.24, 2.45) is 0 Å². The van der Waals surface area contributed by atoms with E-state index >= 15 is 0 Å². The van der Waals surface area contributed by atoms with Gasteiger partial charge in [-0.1, -0.05) is 12.1 Å². The molecule has 2 N–H and O–H groups in total. The van der Waals surface area contributed by atoms with Gasteiger partial charge in [-0.3, -0.25) is 0 Å². The number of hydrogen-bond acceptors (Lipinski definition) is 4. The number of hydrogen-bond donors (Lipinski definition) is 2. The number of rotatable bonds is 4. The van der Waals surface area contributed by atoms with Crippen molar-refractivity contribution in [1.82, 2.24) is 9.97 Å². The molecule has 0 saturated heterocycles. The van der Waals surface area contributed by atoms with E-state index in [1.165, 1.54) is 18.5 Å². The van der Waals surface area contributed by atoms with Gasteiger partial charge in [-0.05, 0) is 33.6 Å². The van der Waals surface area contributed by atoms with Crippen LogP contribution in [-0.4, -0.2) is 17.0 Å². The van der Waals surface area contributed by atoms with Crippen molar-refractivity contribution in [2.75, 3.05) is 17.7 Å². The average Bonchev–Trinajstić information content (AvgIpc) is 2.39. The lowest BCUT2D eigenvalue weighted by Crippen LogP contribution is -2.04. The lowest BCUT2D eigenvalue weighted by Gasteiger charge is -2.09. The SMILES string of the molecule is CNc1ncnc(NCc2ccc(F)cc2)c1Br. The summed E-state index contributed by atoms with van der Waals surface area (Å²) in [5.74, 6) is 1.17. The maximum atomic E-state index is 12.8. The first-order chi connectivity index (χ1) is 8.70. The smallest absolute Gasteiger partial charge is 0.146 e. The Morgan fingerprint density at radius 1 is 1.17 bits per heavy atom. The maximum absolute atomic E-state index is 12.8. The summed E-state index contributed by atoms with van der Waals surface area (Å²) in [6.07, 6.45) is 1.48. The fourth-order valence-corrected chi connectivity index (χ4v) is 2.00. The summed E-state index contributed by atoms with van der Waals surface area (Å²) in [6.45, 7) is 0.568. The van der Waals surface area contributed by atoms with Crippen molar-refractivity contribution in [3.8, 4) is 0 Å². The van der Waals surface area contributed by atoms with Crippen molar-refractivity contribution in [3.63, 3.8) is 0 Å². The number of nitrogens with one attached hydrogen (secondary N) is 2. The molecule has 0 amide bonds. The standard InChI is InChI=1S/C12H12BrFN4/c1-15-11-10(13)12(18-7-17-11)16-6-8-2-4-9(14)5-3-8/h2-5,7H,6H2,1H3,(H2,15,16,17,18). The second-order valence-corrected chi connectivity index (χ2v) is 4.41. The van der Waals surface area contributed by atoms with Crippen LogP contribution in [0.1, 0.15) is 5.56 Å². The van der Waals surface area contributed by atoms with E-state index in [1.807, 2.05) is 0 Å². The van der Waals surface area contributed by atoms with Crippen LogP contribution in [0.25, 0.3) is 0 Å². The molecule has 2 aromatic rings. The fourth-order valence-electron chi connectivity index (χ4n) is 1.46. The zero-order valence-electron chi connectivity index (χ0n) is 9.74. The van der Waals surface area contributed by atoms with Gasteiger partial charge in [0, 0.05) is 13.6 Å². The lowest BCUT2D eigenvalue weighted by molar-refractivity contribution is 0.627. The molecule has 1 aromatic heterocycles. The van der Waals surface area contributed by atoms with Crippen LogP contribution in [0.15, 0.2) is 35.1 Å². The topological polar surface area (TPSA) is 49.8 Å². The Hall–Kier alpha value is -1.69. The van der Waals surface area contributed by atoms with Crippen LogP contribution in [0.4, 0.5) is 16.0 Å². The Morgan fingerprint density at radius 3 is 2.50 bits per heavy atom. The Balaban J connectivity index is 2.08. The van der Waals surface area contributed by atoms with Gasteiger partial charge in [0.1, 0.15) is 28.3 Å². The largest absolute Gasteiger partial charge is 0.372 e. The first-order valence-electron chi connectivity index (χ1n) is 5.37. The molecule has 0 aliphatic heterocycles. The molecular weight excluding hydrogens is 299 g/mol. The molecule has 0 radical (unpaired) electrons. The second-order valence-electron chi connectivity index (χ2n) is 3.61. The molecule has 94 valence electrons. The van der Waals surface area contributed by atoms with Gasteiger partial charge in [0.05, 0.1) is 0 Å². The minimum Gasteiger partial charge on any atom is -0.372 e. The van der Waals surface area contributed by atoms with Gasteiger partial charge >= 0.3 is 0 Å². The van der Waals surface area contributed by atoms with Crippen LogP contribution < -0.4 is 10.6 Å². The van der Waals surface area contributed by atoms with Gasteiger partial charge in [0.25, 0.3) is 0 Å². The Labute approximate surface area is 113 Å². The van der Waals surface area contributed by atoms with Crippen molar-refractivity contribution in [3.05, 3.63) is 46.4 Å². The van der Waals surface area contributed by atoms with Crippen LogP contribution in [0, 0.1) is 5.82 Å². The van der Waals surface area contributed by atoms with Gasteiger partial charge < -0.3 is 10.6 Å². The number of aromatic nitrogens is 2. The molecule has 0 saturated carbocycles. The normalized spacial score (nSPS) is 10.2. The van der Waals surface area contributed by atoms with E-state index in [0.29, 0.717) is 18.2 Å². The monoisotopic (exact) mass is 310 g/mol. The highest BCUT2D eigenvalue weighted by Gasteiger charge is 2.06. The molecule has 1 aromatic carbocycles. The summed E-state index contributed by atoms with van der Waals surface area (Å²) >= 11 is 3.42. The molecule has 0 aliphatic carbocycles. The Kier molecular flexibility index (Phi) is 4.09. The van der Waals surface area contributed by atoms with Crippen molar-refractivity contribution in [1.29, 1.82) is 0 Å². The Bertz CT molecular complexity index is 530. The zero-order chi connectivity index (χ0) is 13.0. The van der Waals surface area contributed by atoms with Gasteiger partial charge in [-0.2, -0.15) is 0 Å². The minimum absolute atomic E-state index is 0.237. The van der Waals surface area contributed by atoms with Gasteiger partial charge in [-0.15, -0.1) is 0 Å². The van der Waals surface area contributed by atoms with Crippen LogP contribution in [0.3, 0.4) is 0 Å². The highest BCUT2D eigenvalue weighted by Crippen LogP contribution is 2.26. The molecule has 6 heteroatoms. The Morgan fingerprint density at radius 2 is 1.83 bits per heavy atom. The van der Waals surface area contributed by atoms with Crippen LogP contribution >= 0.6 is 15.9 Å². The molecule has 0 fully saturated rings. The minimum atomic E-state index is -0.237. The number of halogens is 2. The summed E-state index contributed by atoms with van der Waals surface area (Å²) in [5, 5.41) is 6.12. The quantitative estimate of drug-likeness (QED) is 0.911. The van der Waals surface area contributed by atoms with E-state index in [2.05, 4.69) is 36.5 Å². The van der Waals surface area contributed by atoms with Crippen LogP contribution in [-0.2, 0) is 6.54 Å². The maximum Gasteiger partial charge on any atom is 0.146 e. The fraction of sp³-hybridized carbons (Fsp3) is 0.167. The third kappa shape index (κ3) is 2.95. The average molecular weight is 311 g/mol. The first kappa shape index (κ1) is 12.8. The third-order valence-electron chi connectivity index (χ3n) is 2.40. The predicted octanol–water partition coefficient (Wildman–Crippen LogP) is 3.03. The van der Waals surface area contributed by atoms with Crippen molar-refractivity contribution in [2.45, 2.75) is 6.54 Å². The molecule has 18 heavy (non-hydrogen) atoms. The molecule has 0 aliphatic rings. The summed E-state index contributed by atoms with van der Waals surface area (Å²) in [5.41, 5.74) is 0.980. The lowest BCUT2D eigenvalue weighted by atomic mass is 10.2. The highest BCUT2D eigenvalue weighted by atomic mass is 79.9. The van der Waals surface area contributed by atoms with Crippen LogP contribution in [0.5, 0.6) is 0 Å². The van der Waals surface area contributed by atoms with E-state index < -0.39 is 0 Å². The van der Waals surface area contributed by atoms with E-state index in [4.69, 9.17) is 0 Å². The molecule has 0 spiro atoms. The van der Waals surface area contributed by atoms with E-state index in [1.54, 1.807) is 19.2 Å². The van der Waals surface area contributed by atoms with Crippen molar-refractivity contribution < 1.29 is 4.39 Å². The predicted molar refractivity (Wildman–Crippen MR) is 73.0 cm³/mol. The number of nitrogens with zero attached hydrogens (tertiary/aromatic N) is 2. The van der Waals surface area contributed by atoms with E-state index in [9.17, 15) is 4.39 Å². The molecule has 0 atom stereocenters. The molecular formula is C12H12BrFN4. The zero-order valence-corrected chi connectivity index (χ0v) is 11.3. The van der Waals surface area contributed by atoms with Gasteiger partial charge in [0.15, 0.2) is 0 Å². The number of anilines is 2. The number of benzene rings is 1. The first-order valence-corrected chi connectivity index (χ1v) is 6.16.